The van der Waals surface area contributed by atoms with Crippen LogP contribution in [0.4, 0.5) is 0 Å². The van der Waals surface area contributed by atoms with Crippen molar-refractivity contribution in [1.29, 1.82) is 0 Å². The summed E-state index contributed by atoms with van der Waals surface area (Å²) in [5.74, 6) is 1.33. The first kappa shape index (κ1) is 12.0. The van der Waals surface area contributed by atoms with E-state index in [1.54, 1.807) is 0 Å². The number of H-pyrrole nitrogens is 1. The summed E-state index contributed by atoms with van der Waals surface area (Å²) in [6, 6.07) is 0. The molecule has 0 saturated heterocycles. The zero-order valence-corrected chi connectivity index (χ0v) is 11.4. The van der Waals surface area contributed by atoms with Crippen LogP contribution >= 0.6 is 12.2 Å². The van der Waals surface area contributed by atoms with E-state index >= 15 is 0 Å². The second-order valence-corrected chi connectivity index (χ2v) is 4.89. The Morgan fingerprint density at radius 1 is 1.47 bits per heavy atom. The van der Waals surface area contributed by atoms with E-state index in [4.69, 9.17) is 12.2 Å². The zero-order chi connectivity index (χ0) is 12.6. The van der Waals surface area contributed by atoms with Crippen molar-refractivity contribution in [3.8, 4) is 0 Å². The van der Waals surface area contributed by atoms with Gasteiger partial charge in [-0.1, -0.05) is 13.8 Å². The third-order valence-electron chi connectivity index (χ3n) is 2.97. The molecule has 0 unspecified atom stereocenters. The summed E-state index contributed by atoms with van der Waals surface area (Å²) in [6.45, 7) is 7.00. The van der Waals surface area contributed by atoms with Gasteiger partial charge in [0.15, 0.2) is 4.77 Å². The topological polar surface area (TPSA) is 51.4 Å². The molecular weight excluding hydrogens is 234 g/mol. The number of rotatable bonds is 3. The number of aryl methyl sites for hydroxylation is 1. The van der Waals surface area contributed by atoms with Crippen molar-refractivity contribution in [3.05, 3.63) is 28.0 Å². The largest absolute Gasteiger partial charge is 0.299 e. The molecule has 0 fully saturated rings. The van der Waals surface area contributed by atoms with E-state index in [1.807, 2.05) is 22.5 Å². The third-order valence-corrected chi connectivity index (χ3v) is 3.28. The molecule has 17 heavy (non-hydrogen) atoms. The molecule has 2 aromatic rings. The van der Waals surface area contributed by atoms with Crippen molar-refractivity contribution in [2.75, 3.05) is 0 Å². The Bertz CT molecular complexity index is 575. The molecule has 0 spiro atoms. The highest BCUT2D eigenvalue weighted by Crippen LogP contribution is 2.15. The van der Waals surface area contributed by atoms with E-state index in [-0.39, 0.29) is 0 Å². The van der Waals surface area contributed by atoms with Gasteiger partial charge in [0.25, 0.3) is 0 Å². The minimum absolute atomic E-state index is 0.347. The Balaban J connectivity index is 2.39. The number of aromatic amines is 1. The molecule has 0 atom stereocenters. The van der Waals surface area contributed by atoms with E-state index in [0.717, 1.165) is 18.1 Å². The summed E-state index contributed by atoms with van der Waals surface area (Å²) in [5.41, 5.74) is 2.33. The molecule has 0 saturated carbocycles. The Morgan fingerprint density at radius 2 is 2.18 bits per heavy atom. The molecule has 0 radical (unpaired) electrons. The maximum Gasteiger partial charge on any atom is 0.195 e. The Hall–Kier alpha value is -1.43. The molecule has 0 aliphatic rings. The molecule has 5 nitrogen and oxygen atoms in total. The van der Waals surface area contributed by atoms with Crippen molar-refractivity contribution in [2.24, 2.45) is 7.05 Å². The fourth-order valence-electron chi connectivity index (χ4n) is 1.79. The van der Waals surface area contributed by atoms with E-state index in [1.165, 1.54) is 5.56 Å². The van der Waals surface area contributed by atoms with Gasteiger partial charge in [-0.2, -0.15) is 10.2 Å². The lowest BCUT2D eigenvalue weighted by atomic mass is 10.2. The molecule has 2 rings (SSSR count). The van der Waals surface area contributed by atoms with Crippen LogP contribution in [0.3, 0.4) is 0 Å². The SMILES string of the molecule is Cc1c(Cn2c(C(C)C)n[nH]c2=S)cnn1C. The Kier molecular flexibility index (Phi) is 3.15. The fourth-order valence-corrected chi connectivity index (χ4v) is 2.00. The first-order valence-electron chi connectivity index (χ1n) is 5.63. The van der Waals surface area contributed by atoms with E-state index in [0.29, 0.717) is 10.7 Å². The average Bonchev–Trinajstić information content (AvgIpc) is 2.78. The fraction of sp³-hybridized carbons (Fsp3) is 0.545. The van der Waals surface area contributed by atoms with Crippen LogP contribution in [0.25, 0.3) is 0 Å². The molecule has 0 amide bonds. The molecule has 0 bridgehead atoms. The first-order valence-corrected chi connectivity index (χ1v) is 6.04. The van der Waals surface area contributed by atoms with Gasteiger partial charge in [-0.15, -0.1) is 0 Å². The van der Waals surface area contributed by atoms with Crippen LogP contribution in [0, 0.1) is 11.7 Å². The summed E-state index contributed by atoms with van der Waals surface area (Å²) in [5, 5.41) is 11.4. The predicted molar refractivity (Wildman–Crippen MR) is 68.5 cm³/mol. The predicted octanol–water partition coefficient (Wildman–Crippen LogP) is 2.15. The minimum Gasteiger partial charge on any atom is -0.299 e. The van der Waals surface area contributed by atoms with E-state index < -0.39 is 0 Å². The number of nitrogens with one attached hydrogen (secondary N) is 1. The van der Waals surface area contributed by atoms with E-state index in [2.05, 4.69) is 36.1 Å². The monoisotopic (exact) mass is 251 g/mol. The van der Waals surface area contributed by atoms with Gasteiger partial charge < -0.3 is 0 Å². The molecule has 2 heterocycles. The number of nitrogens with zero attached hydrogens (tertiary/aromatic N) is 4. The maximum atomic E-state index is 5.26. The van der Waals surface area contributed by atoms with Crippen LogP contribution in [-0.2, 0) is 13.6 Å². The molecule has 0 aromatic carbocycles. The van der Waals surface area contributed by atoms with Crippen LogP contribution < -0.4 is 0 Å². The number of hydrogen-bond donors (Lipinski definition) is 1. The average molecular weight is 251 g/mol. The molecule has 0 aliphatic carbocycles. The second-order valence-electron chi connectivity index (χ2n) is 4.51. The quantitative estimate of drug-likeness (QED) is 0.850. The van der Waals surface area contributed by atoms with Gasteiger partial charge >= 0.3 is 0 Å². The van der Waals surface area contributed by atoms with Gasteiger partial charge in [-0.05, 0) is 19.1 Å². The summed E-state index contributed by atoms with van der Waals surface area (Å²) in [6.07, 6.45) is 1.88. The highest BCUT2D eigenvalue weighted by molar-refractivity contribution is 7.71. The number of hydrogen-bond acceptors (Lipinski definition) is 3. The van der Waals surface area contributed by atoms with Crippen LogP contribution in [-0.4, -0.2) is 24.5 Å². The molecule has 0 aliphatic heterocycles. The van der Waals surface area contributed by atoms with Crippen LogP contribution in [0.15, 0.2) is 6.20 Å². The maximum absolute atomic E-state index is 5.26. The molecule has 2 aromatic heterocycles. The summed E-state index contributed by atoms with van der Waals surface area (Å²) < 4.78 is 4.56. The smallest absolute Gasteiger partial charge is 0.195 e. The molecule has 1 N–H and O–H groups in total. The van der Waals surface area contributed by atoms with Gasteiger partial charge in [0.1, 0.15) is 5.82 Å². The van der Waals surface area contributed by atoms with Crippen LogP contribution in [0.2, 0.25) is 0 Å². The highest BCUT2D eigenvalue weighted by Gasteiger charge is 2.12. The summed E-state index contributed by atoms with van der Waals surface area (Å²) in [4.78, 5) is 0. The van der Waals surface area contributed by atoms with Gasteiger partial charge in [0.2, 0.25) is 0 Å². The summed E-state index contributed by atoms with van der Waals surface area (Å²) in [7, 11) is 1.94. The second kappa shape index (κ2) is 4.44. The molecule has 92 valence electrons. The van der Waals surface area contributed by atoms with Gasteiger partial charge in [-0.25, -0.2) is 0 Å². The lowest BCUT2D eigenvalue weighted by molar-refractivity contribution is 0.660. The van der Waals surface area contributed by atoms with Gasteiger partial charge in [0, 0.05) is 24.2 Å². The van der Waals surface area contributed by atoms with Crippen molar-refractivity contribution < 1.29 is 0 Å². The number of aromatic nitrogens is 5. The zero-order valence-electron chi connectivity index (χ0n) is 10.6. The van der Waals surface area contributed by atoms with Crippen molar-refractivity contribution >= 4 is 12.2 Å². The third kappa shape index (κ3) is 2.17. The lowest BCUT2D eigenvalue weighted by Crippen LogP contribution is -2.07. The van der Waals surface area contributed by atoms with Gasteiger partial charge in [0.05, 0.1) is 12.7 Å². The Morgan fingerprint density at radius 3 is 2.71 bits per heavy atom. The van der Waals surface area contributed by atoms with Crippen molar-refractivity contribution in [3.63, 3.8) is 0 Å². The Labute approximate surface area is 105 Å². The van der Waals surface area contributed by atoms with Crippen molar-refractivity contribution in [1.82, 2.24) is 24.5 Å². The summed E-state index contributed by atoms with van der Waals surface area (Å²) >= 11 is 5.26. The van der Waals surface area contributed by atoms with Gasteiger partial charge in [-0.3, -0.25) is 14.3 Å². The first-order chi connectivity index (χ1) is 8.00. The highest BCUT2D eigenvalue weighted by atomic mass is 32.1. The standard InChI is InChI=1S/C11H17N5S/c1-7(2)10-13-14-11(17)16(10)6-9-5-12-15(4)8(9)3/h5,7H,6H2,1-4H3,(H,14,17). The van der Waals surface area contributed by atoms with Crippen LogP contribution in [0.5, 0.6) is 0 Å². The van der Waals surface area contributed by atoms with Crippen LogP contribution in [0.1, 0.15) is 36.8 Å². The molecule has 6 heteroatoms. The normalized spacial score (nSPS) is 11.4. The van der Waals surface area contributed by atoms with Crippen molar-refractivity contribution in [2.45, 2.75) is 33.2 Å². The molecular formula is C11H17N5S. The van der Waals surface area contributed by atoms with E-state index in [9.17, 15) is 0 Å². The lowest BCUT2D eigenvalue weighted by Gasteiger charge is -2.08. The minimum atomic E-state index is 0.347.